The van der Waals surface area contributed by atoms with Crippen LogP contribution >= 0.6 is 15.9 Å². The zero-order valence-corrected chi connectivity index (χ0v) is 9.58. The Balaban J connectivity index is 2.63. The Bertz CT molecular complexity index is 354. The number of aromatic nitrogens is 2. The van der Waals surface area contributed by atoms with Crippen LogP contribution in [0, 0.1) is 11.8 Å². The second-order valence-electron chi connectivity index (χ2n) is 2.83. The molecule has 0 radical (unpaired) electrons. The Morgan fingerprint density at radius 3 is 3.07 bits per heavy atom. The molecular formula is C10H12BrN3. The van der Waals surface area contributed by atoms with E-state index in [0.717, 1.165) is 23.0 Å². The molecule has 0 amide bonds. The van der Waals surface area contributed by atoms with Crippen molar-refractivity contribution in [1.82, 2.24) is 9.97 Å². The lowest BCUT2D eigenvalue weighted by molar-refractivity contribution is 0.641. The lowest BCUT2D eigenvalue weighted by Gasteiger charge is -2.09. The molecule has 0 saturated heterocycles. The Labute approximate surface area is 92.3 Å². The van der Waals surface area contributed by atoms with Crippen molar-refractivity contribution in [3.05, 3.63) is 22.7 Å². The summed E-state index contributed by atoms with van der Waals surface area (Å²) < 4.78 is 0.858. The topological polar surface area (TPSA) is 51.8 Å². The molecule has 0 aliphatic rings. The third-order valence-corrected chi connectivity index (χ3v) is 2.42. The van der Waals surface area contributed by atoms with Crippen molar-refractivity contribution >= 4 is 15.9 Å². The average Bonchev–Trinajstić information content (AvgIpc) is 2.18. The van der Waals surface area contributed by atoms with Crippen molar-refractivity contribution in [1.29, 1.82) is 0 Å². The van der Waals surface area contributed by atoms with Crippen LogP contribution < -0.4 is 5.73 Å². The zero-order chi connectivity index (χ0) is 10.4. The van der Waals surface area contributed by atoms with Gasteiger partial charge in [0.25, 0.3) is 0 Å². The Kier molecular flexibility index (Phi) is 4.57. The predicted octanol–water partition coefficient (Wildman–Crippen LogP) is 2.04. The first kappa shape index (κ1) is 11.2. The second kappa shape index (κ2) is 5.74. The van der Waals surface area contributed by atoms with Gasteiger partial charge >= 0.3 is 0 Å². The first-order valence-electron chi connectivity index (χ1n) is 4.36. The van der Waals surface area contributed by atoms with Gasteiger partial charge in [-0.15, -0.1) is 11.8 Å². The summed E-state index contributed by atoms with van der Waals surface area (Å²) in [6.45, 7) is 1.83. The molecule has 1 aromatic heterocycles. The third kappa shape index (κ3) is 3.09. The number of nitrogens with zero attached hydrogens (tertiary/aromatic N) is 2. The van der Waals surface area contributed by atoms with E-state index >= 15 is 0 Å². The molecule has 74 valence electrons. The van der Waals surface area contributed by atoms with Crippen LogP contribution in [-0.4, -0.2) is 9.97 Å². The molecule has 0 spiro atoms. The summed E-state index contributed by atoms with van der Waals surface area (Å²) in [4.78, 5) is 8.01. The van der Waals surface area contributed by atoms with Crippen molar-refractivity contribution in [2.75, 3.05) is 0 Å². The van der Waals surface area contributed by atoms with Crippen LogP contribution in [0.4, 0.5) is 0 Å². The predicted molar refractivity (Wildman–Crippen MR) is 59.3 cm³/mol. The standard InChI is InChI=1S/C10H12BrN3/c1-2-3-4-5-9(12)10-8(11)6-13-7-14-10/h6-7,9H,4-5,12H2,1H3. The molecule has 1 heterocycles. The number of halogens is 1. The molecule has 0 saturated carbocycles. The average molecular weight is 254 g/mol. The van der Waals surface area contributed by atoms with E-state index in [4.69, 9.17) is 5.73 Å². The summed E-state index contributed by atoms with van der Waals surface area (Å²) in [6.07, 6.45) is 4.82. The van der Waals surface area contributed by atoms with E-state index < -0.39 is 0 Å². The van der Waals surface area contributed by atoms with E-state index in [1.807, 2.05) is 6.92 Å². The van der Waals surface area contributed by atoms with Crippen LogP contribution in [0.25, 0.3) is 0 Å². The highest BCUT2D eigenvalue weighted by atomic mass is 79.9. The van der Waals surface area contributed by atoms with Crippen molar-refractivity contribution in [3.63, 3.8) is 0 Å². The van der Waals surface area contributed by atoms with E-state index in [9.17, 15) is 0 Å². The molecule has 0 aromatic carbocycles. The maximum Gasteiger partial charge on any atom is 0.115 e. The number of hydrogen-bond acceptors (Lipinski definition) is 3. The van der Waals surface area contributed by atoms with Gasteiger partial charge in [-0.1, -0.05) is 0 Å². The summed E-state index contributed by atoms with van der Waals surface area (Å²) in [5.41, 5.74) is 6.79. The van der Waals surface area contributed by atoms with Gasteiger partial charge in [0.15, 0.2) is 0 Å². The molecule has 0 aliphatic carbocycles. The van der Waals surface area contributed by atoms with Crippen LogP contribution in [0.1, 0.15) is 31.5 Å². The first-order valence-corrected chi connectivity index (χ1v) is 5.15. The summed E-state index contributed by atoms with van der Waals surface area (Å²) in [5.74, 6) is 5.82. The van der Waals surface area contributed by atoms with Crippen LogP contribution in [0.2, 0.25) is 0 Å². The maximum absolute atomic E-state index is 5.95. The molecule has 0 aliphatic heterocycles. The maximum atomic E-state index is 5.95. The molecule has 0 bridgehead atoms. The lowest BCUT2D eigenvalue weighted by atomic mass is 10.1. The van der Waals surface area contributed by atoms with Crippen LogP contribution in [0.15, 0.2) is 17.0 Å². The SMILES string of the molecule is CC#CCCC(N)c1ncncc1Br. The lowest BCUT2D eigenvalue weighted by Crippen LogP contribution is -2.12. The van der Waals surface area contributed by atoms with Crippen molar-refractivity contribution in [3.8, 4) is 11.8 Å². The molecule has 2 N–H and O–H groups in total. The van der Waals surface area contributed by atoms with Crippen LogP contribution in [0.5, 0.6) is 0 Å². The van der Waals surface area contributed by atoms with Gasteiger partial charge < -0.3 is 5.73 Å². The summed E-state index contributed by atoms with van der Waals surface area (Å²) in [7, 11) is 0. The molecule has 14 heavy (non-hydrogen) atoms. The number of rotatable bonds is 3. The van der Waals surface area contributed by atoms with Crippen molar-refractivity contribution in [2.45, 2.75) is 25.8 Å². The third-order valence-electron chi connectivity index (χ3n) is 1.80. The van der Waals surface area contributed by atoms with Crippen LogP contribution in [-0.2, 0) is 0 Å². The van der Waals surface area contributed by atoms with Gasteiger partial charge in [0.2, 0.25) is 0 Å². The fourth-order valence-corrected chi connectivity index (χ4v) is 1.60. The zero-order valence-electron chi connectivity index (χ0n) is 8.00. The molecular weight excluding hydrogens is 242 g/mol. The molecule has 1 atom stereocenters. The Morgan fingerprint density at radius 2 is 2.43 bits per heavy atom. The van der Waals surface area contributed by atoms with Gasteiger partial charge in [0.05, 0.1) is 10.2 Å². The monoisotopic (exact) mass is 253 g/mol. The molecule has 1 rings (SSSR count). The highest BCUT2D eigenvalue weighted by Crippen LogP contribution is 2.20. The highest BCUT2D eigenvalue weighted by Gasteiger charge is 2.09. The molecule has 1 aromatic rings. The fraction of sp³-hybridized carbons (Fsp3) is 0.400. The number of hydrogen-bond donors (Lipinski definition) is 1. The van der Waals surface area contributed by atoms with Gasteiger partial charge in [0, 0.05) is 18.7 Å². The van der Waals surface area contributed by atoms with E-state index in [2.05, 4.69) is 37.7 Å². The van der Waals surface area contributed by atoms with E-state index in [1.54, 1.807) is 6.20 Å². The molecule has 0 fully saturated rings. The van der Waals surface area contributed by atoms with E-state index in [-0.39, 0.29) is 6.04 Å². The highest BCUT2D eigenvalue weighted by molar-refractivity contribution is 9.10. The molecule has 4 heteroatoms. The van der Waals surface area contributed by atoms with Gasteiger partial charge in [-0.3, -0.25) is 0 Å². The molecule has 1 unspecified atom stereocenters. The molecule has 3 nitrogen and oxygen atoms in total. The number of nitrogens with two attached hydrogens (primary N) is 1. The summed E-state index contributed by atoms with van der Waals surface area (Å²) in [5, 5.41) is 0. The van der Waals surface area contributed by atoms with Gasteiger partial charge in [-0.2, -0.15) is 0 Å². The first-order chi connectivity index (χ1) is 6.75. The van der Waals surface area contributed by atoms with Crippen molar-refractivity contribution < 1.29 is 0 Å². The van der Waals surface area contributed by atoms with Crippen molar-refractivity contribution in [2.24, 2.45) is 5.73 Å². The Morgan fingerprint density at radius 1 is 1.64 bits per heavy atom. The normalized spacial score (nSPS) is 11.6. The van der Waals surface area contributed by atoms with Gasteiger partial charge in [-0.25, -0.2) is 9.97 Å². The van der Waals surface area contributed by atoms with Crippen LogP contribution in [0.3, 0.4) is 0 Å². The second-order valence-corrected chi connectivity index (χ2v) is 3.68. The van der Waals surface area contributed by atoms with E-state index in [0.29, 0.717) is 0 Å². The fourth-order valence-electron chi connectivity index (χ4n) is 1.08. The summed E-state index contributed by atoms with van der Waals surface area (Å²) in [6, 6.07) is -0.0757. The summed E-state index contributed by atoms with van der Waals surface area (Å²) >= 11 is 3.36. The minimum absolute atomic E-state index is 0.0757. The minimum Gasteiger partial charge on any atom is -0.323 e. The van der Waals surface area contributed by atoms with E-state index in [1.165, 1.54) is 6.33 Å². The van der Waals surface area contributed by atoms with Gasteiger partial charge in [-0.05, 0) is 29.3 Å². The Hall–Kier alpha value is -0.920. The smallest absolute Gasteiger partial charge is 0.115 e. The van der Waals surface area contributed by atoms with Gasteiger partial charge in [0.1, 0.15) is 6.33 Å². The minimum atomic E-state index is -0.0757. The quantitative estimate of drug-likeness (QED) is 0.840. The largest absolute Gasteiger partial charge is 0.323 e.